The maximum atomic E-state index is 4.71. The number of allylic oxidation sites excluding steroid dienone is 4. The molecule has 112 valence electrons. The molecule has 0 atom stereocenters. The van der Waals surface area contributed by atoms with Crippen LogP contribution in [-0.4, -0.2) is 28.5 Å². The third-order valence-corrected chi connectivity index (χ3v) is 3.88. The number of thioether (sulfide) groups is 1. The molecule has 0 bridgehead atoms. The lowest BCUT2D eigenvalue weighted by atomic mass is 10.2. The molecule has 0 unspecified atom stereocenters. The lowest BCUT2D eigenvalue weighted by Crippen LogP contribution is -2.11. The van der Waals surface area contributed by atoms with E-state index in [1.165, 1.54) is 0 Å². The summed E-state index contributed by atoms with van der Waals surface area (Å²) in [5.41, 5.74) is 1.84. The molecule has 1 aromatic heterocycles. The minimum absolute atomic E-state index is 0.696. The van der Waals surface area contributed by atoms with Gasteiger partial charge in [0.2, 0.25) is 0 Å². The highest BCUT2D eigenvalue weighted by molar-refractivity contribution is 7.98. The summed E-state index contributed by atoms with van der Waals surface area (Å²) in [4.78, 5) is 9.38. The van der Waals surface area contributed by atoms with Crippen LogP contribution in [0.4, 0.5) is 5.82 Å². The minimum atomic E-state index is 0.696. The third-order valence-electron chi connectivity index (χ3n) is 3.26. The number of hydrogen-bond acceptors (Lipinski definition) is 5. The van der Waals surface area contributed by atoms with Crippen molar-refractivity contribution >= 4 is 34.2 Å². The van der Waals surface area contributed by atoms with Gasteiger partial charge in [-0.15, -0.1) is 0 Å². The van der Waals surface area contributed by atoms with E-state index in [1.54, 1.807) is 0 Å². The molecule has 0 aliphatic carbocycles. The van der Waals surface area contributed by atoms with Crippen molar-refractivity contribution < 1.29 is 0 Å². The third kappa shape index (κ3) is 3.31. The Morgan fingerprint density at radius 3 is 2.95 bits per heavy atom. The molecule has 0 fully saturated rings. The highest BCUT2D eigenvalue weighted by atomic mass is 32.2. The fourth-order valence-corrected chi connectivity index (χ4v) is 2.51. The van der Waals surface area contributed by atoms with Gasteiger partial charge in [0.05, 0.1) is 11.2 Å². The molecule has 0 saturated carbocycles. The van der Waals surface area contributed by atoms with Crippen LogP contribution in [0.3, 0.4) is 0 Å². The van der Waals surface area contributed by atoms with Gasteiger partial charge >= 0.3 is 0 Å². The molecule has 22 heavy (non-hydrogen) atoms. The predicted molar refractivity (Wildman–Crippen MR) is 95.8 cm³/mol. The van der Waals surface area contributed by atoms with Gasteiger partial charge in [-0.05, 0) is 30.5 Å². The van der Waals surface area contributed by atoms with Gasteiger partial charge in [0, 0.05) is 23.9 Å². The normalized spacial score (nSPS) is 13.6. The van der Waals surface area contributed by atoms with Crippen LogP contribution in [0.15, 0.2) is 54.8 Å². The van der Waals surface area contributed by atoms with Gasteiger partial charge in [-0.3, -0.25) is 0 Å². The van der Waals surface area contributed by atoms with Gasteiger partial charge in [0.1, 0.15) is 5.82 Å². The smallest absolute Gasteiger partial charge is 0.178 e. The second kappa shape index (κ2) is 7.13. The van der Waals surface area contributed by atoms with Crippen molar-refractivity contribution in [3.8, 4) is 0 Å². The molecule has 2 aromatic rings. The molecule has 2 heterocycles. The standard InChI is InChI=1S/C17H18N4S/c1-22-12-11-19-16-13-7-4-5-8-14(13)20-17(21-16)15-9-3-2-6-10-18-15/h2-10,18H,11-12H2,1H3,(H,19,20,21). The molecule has 0 spiro atoms. The fourth-order valence-electron chi connectivity index (χ4n) is 2.20. The predicted octanol–water partition coefficient (Wildman–Crippen LogP) is 3.42. The van der Waals surface area contributed by atoms with E-state index in [1.807, 2.05) is 60.5 Å². The summed E-state index contributed by atoms with van der Waals surface area (Å²) in [7, 11) is 0. The number of aromatic nitrogens is 2. The monoisotopic (exact) mass is 310 g/mol. The Labute approximate surface area is 134 Å². The van der Waals surface area contributed by atoms with Crippen molar-refractivity contribution in [2.75, 3.05) is 23.9 Å². The first kappa shape index (κ1) is 14.7. The van der Waals surface area contributed by atoms with Gasteiger partial charge in [-0.25, -0.2) is 9.97 Å². The Morgan fingerprint density at radius 2 is 2.05 bits per heavy atom. The van der Waals surface area contributed by atoms with Gasteiger partial charge in [-0.1, -0.05) is 24.3 Å². The summed E-state index contributed by atoms with van der Waals surface area (Å²) in [5, 5.41) is 7.69. The molecular formula is C17H18N4S. The van der Waals surface area contributed by atoms with E-state index in [9.17, 15) is 0 Å². The summed E-state index contributed by atoms with van der Waals surface area (Å²) >= 11 is 1.81. The molecular weight excluding hydrogens is 292 g/mol. The maximum absolute atomic E-state index is 4.71. The van der Waals surface area contributed by atoms with Crippen molar-refractivity contribution in [1.29, 1.82) is 0 Å². The van der Waals surface area contributed by atoms with Crippen molar-refractivity contribution in [1.82, 2.24) is 15.3 Å². The number of rotatable bonds is 5. The Hall–Kier alpha value is -2.27. The van der Waals surface area contributed by atoms with E-state index < -0.39 is 0 Å². The van der Waals surface area contributed by atoms with E-state index in [0.717, 1.165) is 34.7 Å². The Balaban J connectivity index is 2.02. The summed E-state index contributed by atoms with van der Waals surface area (Å²) < 4.78 is 0. The highest BCUT2D eigenvalue weighted by Crippen LogP contribution is 2.22. The van der Waals surface area contributed by atoms with E-state index in [2.05, 4.69) is 27.9 Å². The van der Waals surface area contributed by atoms with Gasteiger partial charge < -0.3 is 10.6 Å². The largest absolute Gasteiger partial charge is 0.369 e. The van der Waals surface area contributed by atoms with Crippen molar-refractivity contribution in [3.05, 3.63) is 60.6 Å². The number of benzene rings is 1. The minimum Gasteiger partial charge on any atom is -0.369 e. The molecule has 2 N–H and O–H groups in total. The fraction of sp³-hybridized carbons (Fsp3) is 0.176. The first-order chi connectivity index (χ1) is 10.9. The second-order valence-electron chi connectivity index (χ2n) is 4.80. The lowest BCUT2D eigenvalue weighted by Gasteiger charge is -2.12. The van der Waals surface area contributed by atoms with Crippen LogP contribution in [0, 0.1) is 0 Å². The SMILES string of the molecule is CSCCNc1nc(C2=CC=CC=CN2)nc2ccccc12. The number of anilines is 1. The molecule has 3 rings (SSSR count). The van der Waals surface area contributed by atoms with E-state index >= 15 is 0 Å². The van der Waals surface area contributed by atoms with Gasteiger partial charge in [-0.2, -0.15) is 11.8 Å². The average Bonchev–Trinajstić information content (AvgIpc) is 2.84. The summed E-state index contributed by atoms with van der Waals surface area (Å²) in [5.74, 6) is 2.62. The van der Waals surface area contributed by atoms with Crippen LogP contribution < -0.4 is 10.6 Å². The summed E-state index contributed by atoms with van der Waals surface area (Å²) in [6, 6.07) is 8.08. The Morgan fingerprint density at radius 1 is 1.14 bits per heavy atom. The quantitative estimate of drug-likeness (QED) is 0.829. The number of hydrogen-bond donors (Lipinski definition) is 2. The van der Waals surface area contributed by atoms with Crippen molar-refractivity contribution in [2.24, 2.45) is 0 Å². The lowest BCUT2D eigenvalue weighted by molar-refractivity contribution is 1.07. The number of nitrogens with zero attached hydrogens (tertiary/aromatic N) is 2. The van der Waals surface area contributed by atoms with Crippen LogP contribution in [0.1, 0.15) is 5.82 Å². The molecule has 4 nitrogen and oxygen atoms in total. The van der Waals surface area contributed by atoms with Crippen molar-refractivity contribution in [3.63, 3.8) is 0 Å². The van der Waals surface area contributed by atoms with Gasteiger partial charge in [0.25, 0.3) is 0 Å². The molecule has 0 radical (unpaired) electrons. The molecule has 0 amide bonds. The number of para-hydroxylation sites is 1. The molecule has 1 aliphatic heterocycles. The van der Waals surface area contributed by atoms with Crippen molar-refractivity contribution in [2.45, 2.75) is 0 Å². The molecule has 0 saturated heterocycles. The van der Waals surface area contributed by atoms with Crippen LogP contribution >= 0.6 is 11.8 Å². The zero-order chi connectivity index (χ0) is 15.2. The average molecular weight is 310 g/mol. The van der Waals surface area contributed by atoms with E-state index in [-0.39, 0.29) is 0 Å². The van der Waals surface area contributed by atoms with E-state index in [0.29, 0.717) is 5.82 Å². The Bertz CT molecular complexity index is 749. The maximum Gasteiger partial charge on any atom is 0.178 e. The Kier molecular flexibility index (Phi) is 4.75. The topological polar surface area (TPSA) is 49.8 Å². The first-order valence-corrected chi connectivity index (χ1v) is 8.58. The van der Waals surface area contributed by atoms with E-state index in [4.69, 9.17) is 4.98 Å². The zero-order valence-electron chi connectivity index (χ0n) is 12.4. The van der Waals surface area contributed by atoms with Gasteiger partial charge in [0.15, 0.2) is 5.82 Å². The summed E-state index contributed by atoms with van der Waals surface area (Å²) in [6.07, 6.45) is 11.9. The molecule has 1 aromatic carbocycles. The molecule has 5 heteroatoms. The summed E-state index contributed by atoms with van der Waals surface area (Å²) in [6.45, 7) is 0.883. The number of fused-ring (bicyclic) bond motifs is 1. The first-order valence-electron chi connectivity index (χ1n) is 7.18. The molecule has 1 aliphatic rings. The van der Waals surface area contributed by atoms with Crippen LogP contribution in [0.5, 0.6) is 0 Å². The van der Waals surface area contributed by atoms with Crippen LogP contribution in [-0.2, 0) is 0 Å². The van der Waals surface area contributed by atoms with Crippen LogP contribution in [0.25, 0.3) is 16.6 Å². The zero-order valence-corrected chi connectivity index (χ0v) is 13.2. The van der Waals surface area contributed by atoms with Crippen LogP contribution in [0.2, 0.25) is 0 Å². The second-order valence-corrected chi connectivity index (χ2v) is 5.79. The highest BCUT2D eigenvalue weighted by Gasteiger charge is 2.10. The number of nitrogens with one attached hydrogen (secondary N) is 2.